The molecular formula is C17H26N4. The summed E-state index contributed by atoms with van der Waals surface area (Å²) in [5.41, 5.74) is 1.19. The van der Waals surface area contributed by atoms with Gasteiger partial charge in [0.25, 0.3) is 0 Å². The molecule has 21 heavy (non-hydrogen) atoms. The van der Waals surface area contributed by atoms with Gasteiger partial charge in [-0.2, -0.15) is 0 Å². The molecule has 0 aliphatic rings. The lowest BCUT2D eigenvalue weighted by Gasteiger charge is -2.07. The average Bonchev–Trinajstić information content (AvgIpc) is 2.42. The molecule has 0 atom stereocenters. The molecule has 2 N–H and O–H groups in total. The first-order chi connectivity index (χ1) is 9.97. The zero-order valence-corrected chi connectivity index (χ0v) is 13.6. The predicted octanol–water partition coefficient (Wildman–Crippen LogP) is 4.11. The highest BCUT2D eigenvalue weighted by Gasteiger charge is 1.94. The van der Waals surface area contributed by atoms with E-state index in [-0.39, 0.29) is 0 Å². The number of aromatic nitrogens is 2. The summed E-state index contributed by atoms with van der Waals surface area (Å²) in [5.74, 6) is 1.89. The minimum Gasteiger partial charge on any atom is -0.368 e. The number of anilines is 2. The van der Waals surface area contributed by atoms with Gasteiger partial charge in [0.1, 0.15) is 11.6 Å². The van der Waals surface area contributed by atoms with Gasteiger partial charge < -0.3 is 10.6 Å². The third-order valence-corrected chi connectivity index (χ3v) is 2.45. The van der Waals surface area contributed by atoms with Crippen LogP contribution < -0.4 is 10.6 Å². The zero-order valence-electron chi connectivity index (χ0n) is 13.6. The van der Waals surface area contributed by atoms with Crippen molar-refractivity contribution >= 4 is 11.6 Å². The maximum absolute atomic E-state index is 4.21. The first-order valence-corrected chi connectivity index (χ1v) is 7.34. The minimum atomic E-state index is 0.449. The Morgan fingerprint density at radius 2 is 1.43 bits per heavy atom. The van der Waals surface area contributed by atoms with E-state index in [4.69, 9.17) is 0 Å². The molecular weight excluding hydrogens is 260 g/mol. The van der Waals surface area contributed by atoms with E-state index in [1.807, 2.05) is 37.4 Å². The highest BCUT2D eigenvalue weighted by molar-refractivity contribution is 5.35. The predicted molar refractivity (Wildman–Crippen MR) is 90.7 cm³/mol. The van der Waals surface area contributed by atoms with Gasteiger partial charge in [-0.1, -0.05) is 12.1 Å². The van der Waals surface area contributed by atoms with E-state index in [9.17, 15) is 0 Å². The molecule has 0 aromatic carbocycles. The molecule has 2 aromatic heterocycles. The van der Waals surface area contributed by atoms with Gasteiger partial charge in [-0.15, -0.1) is 0 Å². The topological polar surface area (TPSA) is 49.8 Å². The van der Waals surface area contributed by atoms with E-state index in [1.165, 1.54) is 5.56 Å². The summed E-state index contributed by atoms with van der Waals surface area (Å²) in [6.07, 6.45) is 3.65. The molecule has 4 heteroatoms. The fourth-order valence-corrected chi connectivity index (χ4v) is 1.59. The lowest BCUT2D eigenvalue weighted by molar-refractivity contribution is 0.888. The molecule has 0 aliphatic heterocycles. The lowest BCUT2D eigenvalue weighted by Crippen LogP contribution is -2.10. The van der Waals surface area contributed by atoms with Gasteiger partial charge in [0.05, 0.1) is 0 Å². The van der Waals surface area contributed by atoms with Gasteiger partial charge in [-0.25, -0.2) is 9.97 Å². The molecule has 0 unspecified atom stereocenters. The Morgan fingerprint density at radius 3 is 1.86 bits per heavy atom. The first kappa shape index (κ1) is 17.0. The van der Waals surface area contributed by atoms with E-state index in [1.54, 1.807) is 6.20 Å². The van der Waals surface area contributed by atoms with Crippen molar-refractivity contribution < 1.29 is 0 Å². The molecule has 0 spiro atoms. The van der Waals surface area contributed by atoms with Crippen molar-refractivity contribution in [3.8, 4) is 0 Å². The van der Waals surface area contributed by atoms with Crippen molar-refractivity contribution in [2.45, 2.75) is 46.7 Å². The second-order valence-electron chi connectivity index (χ2n) is 5.53. The molecule has 0 amide bonds. The van der Waals surface area contributed by atoms with Crippen molar-refractivity contribution in [2.24, 2.45) is 0 Å². The fraction of sp³-hybridized carbons (Fsp3) is 0.412. The highest BCUT2D eigenvalue weighted by Crippen LogP contribution is 2.04. The first-order valence-electron chi connectivity index (χ1n) is 7.34. The molecule has 0 saturated heterocycles. The SMILES string of the molecule is CC(C)Nc1ccccn1.Cc1ccc(NC(C)C)nc1. The summed E-state index contributed by atoms with van der Waals surface area (Å²) >= 11 is 0. The Bertz CT molecular complexity index is 492. The van der Waals surface area contributed by atoms with Crippen molar-refractivity contribution in [1.82, 2.24) is 9.97 Å². The van der Waals surface area contributed by atoms with E-state index >= 15 is 0 Å². The van der Waals surface area contributed by atoms with Crippen LogP contribution in [0.1, 0.15) is 33.3 Å². The summed E-state index contributed by atoms with van der Waals surface area (Å²) in [5, 5.41) is 6.41. The summed E-state index contributed by atoms with van der Waals surface area (Å²) in [6, 6.07) is 10.8. The largest absolute Gasteiger partial charge is 0.368 e. The monoisotopic (exact) mass is 286 g/mol. The minimum absolute atomic E-state index is 0.449. The van der Waals surface area contributed by atoms with Crippen molar-refractivity contribution in [1.29, 1.82) is 0 Å². The van der Waals surface area contributed by atoms with Gasteiger partial charge in [0, 0.05) is 24.5 Å². The summed E-state index contributed by atoms with van der Waals surface area (Å²) in [6.45, 7) is 10.4. The van der Waals surface area contributed by atoms with Crippen molar-refractivity contribution in [3.63, 3.8) is 0 Å². The number of hydrogen-bond acceptors (Lipinski definition) is 4. The highest BCUT2D eigenvalue weighted by atomic mass is 15.0. The third-order valence-electron chi connectivity index (χ3n) is 2.45. The molecule has 2 aromatic rings. The molecule has 4 nitrogen and oxygen atoms in total. The zero-order chi connectivity index (χ0) is 15.7. The Hall–Kier alpha value is -2.10. The van der Waals surface area contributed by atoms with Gasteiger partial charge in [-0.05, 0) is 58.4 Å². The molecule has 114 valence electrons. The second-order valence-corrected chi connectivity index (χ2v) is 5.53. The Balaban J connectivity index is 0.000000211. The summed E-state index contributed by atoms with van der Waals surface area (Å²) in [4.78, 5) is 8.32. The van der Waals surface area contributed by atoms with Crippen LogP contribution in [0.5, 0.6) is 0 Å². The number of pyridine rings is 2. The van der Waals surface area contributed by atoms with Gasteiger partial charge in [-0.3, -0.25) is 0 Å². The maximum atomic E-state index is 4.21. The number of nitrogens with zero attached hydrogens (tertiary/aromatic N) is 2. The van der Waals surface area contributed by atoms with E-state index in [2.05, 4.69) is 54.4 Å². The van der Waals surface area contributed by atoms with Crippen molar-refractivity contribution in [3.05, 3.63) is 48.3 Å². The molecule has 2 rings (SSSR count). The number of rotatable bonds is 4. The average molecular weight is 286 g/mol. The van der Waals surface area contributed by atoms with E-state index in [0.29, 0.717) is 12.1 Å². The molecule has 2 heterocycles. The Labute approximate surface area is 128 Å². The fourth-order valence-electron chi connectivity index (χ4n) is 1.59. The Morgan fingerprint density at radius 1 is 0.810 bits per heavy atom. The smallest absolute Gasteiger partial charge is 0.126 e. The lowest BCUT2D eigenvalue weighted by atomic mass is 10.3. The number of hydrogen-bond donors (Lipinski definition) is 2. The van der Waals surface area contributed by atoms with Crippen LogP contribution in [0.3, 0.4) is 0 Å². The molecule has 0 saturated carbocycles. The molecule has 0 aliphatic carbocycles. The standard InChI is InChI=1S/C9H14N2.C8H12N2/c1-7(2)11-9-5-4-8(3)6-10-9;1-7(2)10-8-5-3-4-6-9-8/h4-7H,1-3H3,(H,10,11);3-7H,1-2H3,(H,9,10). The quantitative estimate of drug-likeness (QED) is 0.888. The van der Waals surface area contributed by atoms with Crippen LogP contribution in [0.15, 0.2) is 42.7 Å². The number of nitrogens with one attached hydrogen (secondary N) is 2. The molecule has 0 fully saturated rings. The van der Waals surface area contributed by atoms with Crippen LogP contribution in [0.2, 0.25) is 0 Å². The van der Waals surface area contributed by atoms with Gasteiger partial charge in [0.15, 0.2) is 0 Å². The van der Waals surface area contributed by atoms with E-state index < -0.39 is 0 Å². The second kappa shape index (κ2) is 8.95. The molecule has 0 bridgehead atoms. The van der Waals surface area contributed by atoms with Gasteiger partial charge in [0.2, 0.25) is 0 Å². The third kappa shape index (κ3) is 7.92. The van der Waals surface area contributed by atoms with E-state index in [0.717, 1.165) is 11.6 Å². The van der Waals surface area contributed by atoms with Gasteiger partial charge >= 0.3 is 0 Å². The summed E-state index contributed by atoms with van der Waals surface area (Å²) in [7, 11) is 0. The molecule has 0 radical (unpaired) electrons. The Kier molecular flexibility index (Phi) is 7.23. The van der Waals surface area contributed by atoms with Crippen LogP contribution >= 0.6 is 0 Å². The van der Waals surface area contributed by atoms with Crippen molar-refractivity contribution in [2.75, 3.05) is 10.6 Å². The van der Waals surface area contributed by atoms with Crippen LogP contribution in [-0.4, -0.2) is 22.1 Å². The maximum Gasteiger partial charge on any atom is 0.126 e. The van der Waals surface area contributed by atoms with Crippen LogP contribution in [-0.2, 0) is 0 Å². The normalized spacial score (nSPS) is 10.0. The van der Waals surface area contributed by atoms with Crippen LogP contribution in [0, 0.1) is 6.92 Å². The van der Waals surface area contributed by atoms with Crippen LogP contribution in [0.4, 0.5) is 11.6 Å². The van der Waals surface area contributed by atoms with Crippen LogP contribution in [0.25, 0.3) is 0 Å². The summed E-state index contributed by atoms with van der Waals surface area (Å²) < 4.78 is 0. The number of aryl methyl sites for hydroxylation is 1.